The molecular weight excluding hydrogens is 422 g/mol. The highest BCUT2D eigenvalue weighted by Gasteiger charge is 2.43. The van der Waals surface area contributed by atoms with Crippen molar-refractivity contribution in [1.29, 1.82) is 0 Å². The zero-order valence-corrected chi connectivity index (χ0v) is 17.3. The van der Waals surface area contributed by atoms with Gasteiger partial charge in [0.2, 0.25) is 0 Å². The van der Waals surface area contributed by atoms with Crippen LogP contribution in [0.15, 0.2) is 54.6 Å². The highest BCUT2D eigenvalue weighted by atomic mass is 79.9. The summed E-state index contributed by atoms with van der Waals surface area (Å²) < 4.78 is 4.54. The fourth-order valence-corrected chi connectivity index (χ4v) is 4.02. The maximum atomic E-state index is 13.4. The van der Waals surface area contributed by atoms with Crippen LogP contribution in [0.1, 0.15) is 30.4 Å². The molecule has 0 aromatic heterocycles. The second kappa shape index (κ2) is 9.45. The maximum Gasteiger partial charge on any atom is 0.325 e. The molecule has 2 aromatic carbocycles. The minimum Gasteiger partial charge on any atom is -0.498 e. The SMILES string of the molecule is O=C([O-])[N+](Cc1ccccc1)(C(=O)CC1CCOCC1)c1ccc(CBr)cc1. The van der Waals surface area contributed by atoms with Gasteiger partial charge in [-0.1, -0.05) is 58.4 Å². The zero-order valence-electron chi connectivity index (χ0n) is 15.7. The first-order valence-electron chi connectivity index (χ1n) is 9.46. The van der Waals surface area contributed by atoms with Gasteiger partial charge in [0.25, 0.3) is 6.09 Å². The average molecular weight is 446 g/mol. The smallest absolute Gasteiger partial charge is 0.325 e. The van der Waals surface area contributed by atoms with Crippen LogP contribution in [0.2, 0.25) is 0 Å². The maximum absolute atomic E-state index is 13.4. The topological polar surface area (TPSA) is 66.4 Å². The first-order chi connectivity index (χ1) is 13.6. The number of quaternary nitrogens is 1. The van der Waals surface area contributed by atoms with Crippen LogP contribution < -0.4 is 9.59 Å². The molecule has 1 heterocycles. The summed E-state index contributed by atoms with van der Waals surface area (Å²) in [5.74, 6) is -0.210. The van der Waals surface area contributed by atoms with Crippen molar-refractivity contribution in [2.75, 3.05) is 13.2 Å². The van der Waals surface area contributed by atoms with Crippen LogP contribution in [0, 0.1) is 5.92 Å². The van der Waals surface area contributed by atoms with Gasteiger partial charge in [0.05, 0.1) is 6.42 Å². The first-order valence-corrected chi connectivity index (χ1v) is 10.6. The molecule has 0 N–H and O–H groups in total. The number of nitrogens with zero attached hydrogens (tertiary/aromatic N) is 1. The van der Waals surface area contributed by atoms with Gasteiger partial charge in [0.1, 0.15) is 12.2 Å². The summed E-state index contributed by atoms with van der Waals surface area (Å²) in [4.78, 5) is 25.9. The summed E-state index contributed by atoms with van der Waals surface area (Å²) in [6.07, 6.45) is 0.344. The van der Waals surface area contributed by atoms with Crippen LogP contribution in [0.3, 0.4) is 0 Å². The van der Waals surface area contributed by atoms with E-state index in [0.29, 0.717) is 24.2 Å². The number of carboxylic acid groups (broad SMARTS) is 1. The number of halogens is 1. The summed E-state index contributed by atoms with van der Waals surface area (Å²) in [5.41, 5.74) is 2.21. The van der Waals surface area contributed by atoms with Gasteiger partial charge in [-0.05, 0) is 24.3 Å². The van der Waals surface area contributed by atoms with Gasteiger partial charge < -0.3 is 14.6 Å². The largest absolute Gasteiger partial charge is 0.498 e. The molecule has 1 fully saturated rings. The van der Waals surface area contributed by atoms with Gasteiger partial charge >= 0.3 is 5.91 Å². The Morgan fingerprint density at radius 3 is 2.21 bits per heavy atom. The number of alkyl halides is 1. The molecule has 148 valence electrons. The normalized spacial score (nSPS) is 17.0. The molecule has 2 amide bonds. The number of hydrogen-bond acceptors (Lipinski definition) is 4. The summed E-state index contributed by atoms with van der Waals surface area (Å²) in [6, 6.07) is 16.3. The van der Waals surface area contributed by atoms with E-state index in [0.717, 1.165) is 24.0 Å². The van der Waals surface area contributed by atoms with Crippen molar-refractivity contribution < 1.29 is 19.4 Å². The molecule has 2 aromatic rings. The number of imide groups is 1. The number of benzene rings is 2. The molecule has 1 saturated heterocycles. The lowest BCUT2D eigenvalue weighted by atomic mass is 9.95. The first kappa shape index (κ1) is 20.7. The van der Waals surface area contributed by atoms with Gasteiger partial charge in [-0.25, -0.2) is 4.79 Å². The fraction of sp³-hybridized carbons (Fsp3) is 0.364. The van der Waals surface area contributed by atoms with Crippen LogP contribution >= 0.6 is 15.9 Å². The monoisotopic (exact) mass is 445 g/mol. The highest BCUT2D eigenvalue weighted by molar-refractivity contribution is 9.08. The summed E-state index contributed by atoms with van der Waals surface area (Å²) in [7, 11) is 0. The Morgan fingerprint density at radius 2 is 1.64 bits per heavy atom. The van der Waals surface area contributed by atoms with E-state index in [1.807, 2.05) is 42.5 Å². The lowest BCUT2D eigenvalue weighted by Crippen LogP contribution is -2.63. The van der Waals surface area contributed by atoms with Gasteiger partial charge in [-0.15, -0.1) is 0 Å². The fourth-order valence-electron chi connectivity index (χ4n) is 3.65. The number of hydrogen-bond donors (Lipinski definition) is 0. The molecule has 0 saturated carbocycles. The molecule has 28 heavy (non-hydrogen) atoms. The van der Waals surface area contributed by atoms with Crippen molar-refractivity contribution in [3.63, 3.8) is 0 Å². The molecular formula is C22H24BrNO4. The average Bonchev–Trinajstić information content (AvgIpc) is 2.73. The van der Waals surface area contributed by atoms with Gasteiger partial charge in [0, 0.05) is 36.2 Å². The molecule has 5 nitrogen and oxygen atoms in total. The molecule has 0 bridgehead atoms. The second-order valence-corrected chi connectivity index (χ2v) is 7.73. The van der Waals surface area contributed by atoms with Gasteiger partial charge in [0.15, 0.2) is 0 Å². The predicted octanol–water partition coefficient (Wildman–Crippen LogP) is 3.78. The van der Waals surface area contributed by atoms with E-state index < -0.39 is 10.6 Å². The lowest BCUT2D eigenvalue weighted by Gasteiger charge is -2.36. The Labute approximate surface area is 173 Å². The van der Waals surface area contributed by atoms with Crippen molar-refractivity contribution in [2.45, 2.75) is 31.1 Å². The van der Waals surface area contributed by atoms with E-state index in [1.165, 1.54) is 0 Å². The number of amides is 2. The Bertz CT molecular complexity index is 803. The third kappa shape index (κ3) is 4.51. The quantitative estimate of drug-likeness (QED) is 0.501. The molecule has 0 aliphatic carbocycles. The number of carbonyl (C=O) groups excluding carboxylic acids is 2. The van der Waals surface area contributed by atoms with E-state index >= 15 is 0 Å². The van der Waals surface area contributed by atoms with E-state index in [9.17, 15) is 14.7 Å². The molecule has 0 radical (unpaired) electrons. The standard InChI is InChI=1S/C22H24BrNO4/c23-15-18-6-8-20(9-7-18)24(22(26)27,16-19-4-2-1-3-5-19)21(25)14-17-10-12-28-13-11-17/h1-9,17H,10-16H2. The number of rotatable bonds is 6. The van der Waals surface area contributed by atoms with E-state index in [1.54, 1.807) is 12.1 Å². The van der Waals surface area contributed by atoms with Crippen molar-refractivity contribution >= 4 is 33.6 Å². The summed E-state index contributed by atoms with van der Waals surface area (Å²) in [5, 5.41) is 13.1. The van der Waals surface area contributed by atoms with Gasteiger partial charge in [-0.3, -0.25) is 0 Å². The predicted molar refractivity (Wildman–Crippen MR) is 110 cm³/mol. The van der Waals surface area contributed by atoms with Crippen molar-refractivity contribution in [3.05, 3.63) is 65.7 Å². The van der Waals surface area contributed by atoms with E-state index in [-0.39, 0.29) is 24.8 Å². The summed E-state index contributed by atoms with van der Waals surface area (Å²) >= 11 is 3.40. The Balaban J connectivity index is 2.00. The van der Waals surface area contributed by atoms with E-state index in [4.69, 9.17) is 4.74 Å². The molecule has 1 aliphatic rings. The van der Waals surface area contributed by atoms with E-state index in [2.05, 4.69) is 15.9 Å². The van der Waals surface area contributed by atoms with Crippen LogP contribution in [-0.2, 0) is 21.4 Å². The van der Waals surface area contributed by atoms with Crippen molar-refractivity contribution in [1.82, 2.24) is 4.48 Å². The Hall–Kier alpha value is -2.02. The molecule has 1 unspecified atom stereocenters. The minimum atomic E-state index is -1.40. The third-order valence-electron chi connectivity index (χ3n) is 5.34. The van der Waals surface area contributed by atoms with Crippen LogP contribution in [-0.4, -0.2) is 25.2 Å². The van der Waals surface area contributed by atoms with Crippen LogP contribution in [0.5, 0.6) is 0 Å². The molecule has 0 spiro atoms. The molecule has 3 rings (SSSR count). The highest BCUT2D eigenvalue weighted by Crippen LogP contribution is 2.31. The second-order valence-electron chi connectivity index (χ2n) is 7.17. The van der Waals surface area contributed by atoms with Gasteiger partial charge in [-0.2, -0.15) is 4.48 Å². The third-order valence-corrected chi connectivity index (χ3v) is 5.98. The lowest BCUT2D eigenvalue weighted by molar-refractivity contribution is -0.263. The number of carbonyl (C=O) groups is 2. The minimum absolute atomic E-state index is 0.0267. The molecule has 6 heteroatoms. The Kier molecular flexibility index (Phi) is 6.99. The van der Waals surface area contributed by atoms with Crippen molar-refractivity contribution in [2.24, 2.45) is 5.92 Å². The number of ether oxygens (including phenoxy) is 1. The molecule has 1 atom stereocenters. The zero-order chi connectivity index (χ0) is 20.0. The van der Waals surface area contributed by atoms with Crippen LogP contribution in [0.25, 0.3) is 0 Å². The van der Waals surface area contributed by atoms with Crippen LogP contribution in [0.4, 0.5) is 10.5 Å². The molecule has 1 aliphatic heterocycles. The van der Waals surface area contributed by atoms with Crippen molar-refractivity contribution in [3.8, 4) is 0 Å². The Morgan fingerprint density at radius 1 is 1.00 bits per heavy atom. The summed E-state index contributed by atoms with van der Waals surface area (Å²) in [6.45, 7) is 1.25.